The Labute approximate surface area is 126 Å². The number of rotatable bonds is 6. The fourth-order valence-corrected chi connectivity index (χ4v) is 3.24. The Morgan fingerprint density at radius 2 is 2.14 bits per heavy atom. The lowest BCUT2D eigenvalue weighted by Crippen LogP contribution is -2.41. The molecular formula is C14H24N2O4S. The monoisotopic (exact) mass is 316 g/mol. The van der Waals surface area contributed by atoms with E-state index in [-0.39, 0.29) is 6.61 Å². The summed E-state index contributed by atoms with van der Waals surface area (Å²) in [5.41, 5.74) is 0. The van der Waals surface area contributed by atoms with Crippen LogP contribution < -0.4 is 0 Å². The van der Waals surface area contributed by atoms with Crippen molar-refractivity contribution >= 4 is 10.0 Å². The average Bonchev–Trinajstić information content (AvgIpc) is 2.85. The van der Waals surface area contributed by atoms with Crippen LogP contribution in [0, 0.1) is 5.92 Å². The van der Waals surface area contributed by atoms with Crippen LogP contribution in [0.3, 0.4) is 0 Å². The summed E-state index contributed by atoms with van der Waals surface area (Å²) in [5.74, 6) is 1.78. The first kappa shape index (κ1) is 16.5. The lowest BCUT2D eigenvalue weighted by molar-refractivity contribution is 0.143. The summed E-state index contributed by atoms with van der Waals surface area (Å²) in [6, 6.07) is 3.67. The van der Waals surface area contributed by atoms with E-state index in [0.717, 1.165) is 31.7 Å². The Morgan fingerprint density at radius 3 is 2.76 bits per heavy atom. The first-order valence-corrected chi connectivity index (χ1v) is 9.05. The number of hydrogen-bond acceptors (Lipinski definition) is 5. The van der Waals surface area contributed by atoms with Gasteiger partial charge < -0.3 is 9.52 Å². The molecule has 0 bridgehead atoms. The standard InChI is InChI=1S/C14H24N2O4S/c1-15(21(2,18)19)8-12-4-3-7-16(9-12)10-13-5-6-14(11-17)20-13/h5-6,12,17H,3-4,7-11H2,1-2H3. The zero-order chi connectivity index (χ0) is 15.5. The maximum Gasteiger partial charge on any atom is 0.210 e. The summed E-state index contributed by atoms with van der Waals surface area (Å²) in [7, 11) is -1.48. The van der Waals surface area contributed by atoms with Crippen LogP contribution in [0.25, 0.3) is 0 Å². The van der Waals surface area contributed by atoms with E-state index in [1.807, 2.05) is 6.07 Å². The summed E-state index contributed by atoms with van der Waals surface area (Å²) < 4.78 is 29.9. The van der Waals surface area contributed by atoms with E-state index < -0.39 is 10.0 Å². The number of likely N-dealkylation sites (tertiary alicyclic amines) is 1. The topological polar surface area (TPSA) is 74.0 Å². The molecule has 0 saturated carbocycles. The minimum Gasteiger partial charge on any atom is -0.462 e. The summed E-state index contributed by atoms with van der Waals surface area (Å²) in [6.45, 7) is 3.06. The van der Waals surface area contributed by atoms with Crippen molar-refractivity contribution in [2.45, 2.75) is 26.0 Å². The lowest BCUT2D eigenvalue weighted by atomic mass is 9.98. The normalized spacial score (nSPS) is 21.0. The lowest BCUT2D eigenvalue weighted by Gasteiger charge is -2.33. The minimum absolute atomic E-state index is 0.0816. The smallest absolute Gasteiger partial charge is 0.210 e. The molecule has 6 nitrogen and oxygen atoms in total. The number of furan rings is 1. The van der Waals surface area contributed by atoms with Gasteiger partial charge >= 0.3 is 0 Å². The third-order valence-electron chi connectivity index (χ3n) is 3.94. The van der Waals surface area contributed by atoms with Crippen molar-refractivity contribution in [2.24, 2.45) is 5.92 Å². The third-order valence-corrected chi connectivity index (χ3v) is 5.22. The van der Waals surface area contributed by atoms with E-state index in [4.69, 9.17) is 9.52 Å². The summed E-state index contributed by atoms with van der Waals surface area (Å²) in [5, 5.41) is 9.00. The molecule has 120 valence electrons. The number of sulfonamides is 1. The van der Waals surface area contributed by atoms with Crippen molar-refractivity contribution in [3.8, 4) is 0 Å². The quantitative estimate of drug-likeness (QED) is 0.843. The maximum absolute atomic E-state index is 11.5. The number of hydrogen-bond donors (Lipinski definition) is 1. The van der Waals surface area contributed by atoms with E-state index in [1.165, 1.54) is 10.6 Å². The van der Waals surface area contributed by atoms with Gasteiger partial charge in [0.15, 0.2) is 0 Å². The van der Waals surface area contributed by atoms with Gasteiger partial charge in [0, 0.05) is 20.1 Å². The fraction of sp³-hybridized carbons (Fsp3) is 0.714. The molecule has 1 atom stereocenters. The predicted octanol–water partition coefficient (Wildman–Crippen LogP) is 0.875. The highest BCUT2D eigenvalue weighted by Gasteiger charge is 2.24. The number of piperidine rings is 1. The van der Waals surface area contributed by atoms with E-state index in [1.54, 1.807) is 13.1 Å². The van der Waals surface area contributed by atoms with Gasteiger partial charge in [-0.15, -0.1) is 0 Å². The maximum atomic E-state index is 11.5. The Kier molecular flexibility index (Phi) is 5.43. The zero-order valence-corrected chi connectivity index (χ0v) is 13.5. The third kappa shape index (κ3) is 4.81. The molecule has 2 rings (SSSR count). The van der Waals surface area contributed by atoms with E-state index in [9.17, 15) is 8.42 Å². The van der Waals surface area contributed by atoms with Crippen LogP contribution in [0.4, 0.5) is 0 Å². The molecule has 1 fully saturated rings. The largest absolute Gasteiger partial charge is 0.462 e. The van der Waals surface area contributed by atoms with Crippen molar-refractivity contribution in [2.75, 3.05) is 32.9 Å². The zero-order valence-electron chi connectivity index (χ0n) is 12.7. The molecule has 0 amide bonds. The van der Waals surface area contributed by atoms with E-state index >= 15 is 0 Å². The van der Waals surface area contributed by atoms with Crippen molar-refractivity contribution in [3.05, 3.63) is 23.7 Å². The van der Waals surface area contributed by atoms with Crippen molar-refractivity contribution in [1.29, 1.82) is 0 Å². The van der Waals surface area contributed by atoms with Gasteiger partial charge in [-0.2, -0.15) is 0 Å². The molecule has 7 heteroatoms. The highest BCUT2D eigenvalue weighted by molar-refractivity contribution is 7.88. The van der Waals surface area contributed by atoms with Gasteiger partial charge in [0.25, 0.3) is 0 Å². The molecule has 0 aromatic carbocycles. The molecule has 1 aliphatic heterocycles. The minimum atomic E-state index is -3.11. The van der Waals surface area contributed by atoms with Crippen molar-refractivity contribution in [3.63, 3.8) is 0 Å². The van der Waals surface area contributed by atoms with Gasteiger partial charge in [-0.1, -0.05) is 0 Å². The van der Waals surface area contributed by atoms with Crippen molar-refractivity contribution < 1.29 is 17.9 Å². The molecule has 1 N–H and O–H groups in total. The first-order chi connectivity index (χ1) is 9.88. The highest BCUT2D eigenvalue weighted by Crippen LogP contribution is 2.20. The van der Waals surface area contributed by atoms with Gasteiger partial charge in [-0.25, -0.2) is 12.7 Å². The molecule has 0 radical (unpaired) electrons. The number of aliphatic hydroxyl groups excluding tert-OH is 1. The summed E-state index contributed by atoms with van der Waals surface area (Å²) >= 11 is 0. The van der Waals surface area contributed by atoms with E-state index in [2.05, 4.69) is 4.90 Å². The SMILES string of the molecule is CN(CC1CCCN(Cc2ccc(CO)o2)C1)S(C)(=O)=O. The molecule has 1 unspecified atom stereocenters. The van der Waals surface area contributed by atoms with Crippen LogP contribution in [0.1, 0.15) is 24.4 Å². The second-order valence-corrected chi connectivity index (χ2v) is 7.90. The molecule has 0 aliphatic carbocycles. The van der Waals surface area contributed by atoms with Crippen LogP contribution in [0.2, 0.25) is 0 Å². The van der Waals surface area contributed by atoms with Gasteiger partial charge in [-0.3, -0.25) is 4.90 Å². The predicted molar refractivity (Wildman–Crippen MR) is 80.1 cm³/mol. The van der Waals surface area contributed by atoms with Crippen LogP contribution in [0.5, 0.6) is 0 Å². The molecule has 1 aliphatic rings. The molecule has 1 saturated heterocycles. The second kappa shape index (κ2) is 6.91. The molecular weight excluding hydrogens is 292 g/mol. The van der Waals surface area contributed by atoms with Crippen LogP contribution in [-0.2, 0) is 23.2 Å². The Hall–Kier alpha value is -0.890. The van der Waals surface area contributed by atoms with E-state index in [0.29, 0.717) is 24.8 Å². The van der Waals surface area contributed by atoms with Gasteiger partial charge in [-0.05, 0) is 37.4 Å². The average molecular weight is 316 g/mol. The van der Waals surface area contributed by atoms with Gasteiger partial charge in [0.2, 0.25) is 10.0 Å². The molecule has 1 aromatic rings. The van der Waals surface area contributed by atoms with Gasteiger partial charge in [0.1, 0.15) is 18.1 Å². The number of nitrogens with zero attached hydrogens (tertiary/aromatic N) is 2. The summed E-state index contributed by atoms with van der Waals surface area (Å²) in [4.78, 5) is 2.28. The summed E-state index contributed by atoms with van der Waals surface area (Å²) in [6.07, 6.45) is 3.36. The molecule has 0 spiro atoms. The van der Waals surface area contributed by atoms with Crippen LogP contribution >= 0.6 is 0 Å². The van der Waals surface area contributed by atoms with Gasteiger partial charge in [0.05, 0.1) is 12.8 Å². The number of aliphatic hydroxyl groups is 1. The fourth-order valence-electron chi connectivity index (χ4n) is 2.76. The molecule has 2 heterocycles. The first-order valence-electron chi connectivity index (χ1n) is 7.20. The highest BCUT2D eigenvalue weighted by atomic mass is 32.2. The molecule has 21 heavy (non-hydrogen) atoms. The Morgan fingerprint density at radius 1 is 1.43 bits per heavy atom. The molecule has 1 aromatic heterocycles. The Bertz CT molecular complexity index is 555. The Balaban J connectivity index is 1.88. The van der Waals surface area contributed by atoms with Crippen LogP contribution in [-0.4, -0.2) is 55.7 Å². The van der Waals surface area contributed by atoms with Crippen LogP contribution in [0.15, 0.2) is 16.5 Å². The van der Waals surface area contributed by atoms with Crippen molar-refractivity contribution in [1.82, 2.24) is 9.21 Å². The second-order valence-electron chi connectivity index (χ2n) is 5.81.